The van der Waals surface area contributed by atoms with Gasteiger partial charge in [0.1, 0.15) is 11.4 Å². The third kappa shape index (κ3) is 7.65. The molecule has 2 rings (SSSR count). The van der Waals surface area contributed by atoms with Gasteiger partial charge in [0, 0.05) is 30.4 Å². The summed E-state index contributed by atoms with van der Waals surface area (Å²) in [7, 11) is 1.49. The fourth-order valence-electron chi connectivity index (χ4n) is 2.56. The summed E-state index contributed by atoms with van der Waals surface area (Å²) in [5.74, 6) is -0.371. The molecule has 32 heavy (non-hydrogen) atoms. The minimum Gasteiger partial charge on any atom is -0.483 e. The highest BCUT2D eigenvalue weighted by molar-refractivity contribution is 5.96. The van der Waals surface area contributed by atoms with E-state index in [0.29, 0.717) is 28.1 Å². The van der Waals surface area contributed by atoms with Gasteiger partial charge in [-0.1, -0.05) is 12.1 Å². The van der Waals surface area contributed by atoms with Crippen molar-refractivity contribution in [3.63, 3.8) is 0 Å². The van der Waals surface area contributed by atoms with Crippen molar-refractivity contribution in [3.8, 4) is 11.8 Å². The third-order valence-electron chi connectivity index (χ3n) is 4.04. The van der Waals surface area contributed by atoms with E-state index in [1.54, 1.807) is 51.1 Å². The number of benzene rings is 2. The van der Waals surface area contributed by atoms with Gasteiger partial charge in [0.05, 0.1) is 11.6 Å². The lowest BCUT2D eigenvalue weighted by molar-refractivity contribution is -0.122. The van der Waals surface area contributed by atoms with Gasteiger partial charge in [-0.3, -0.25) is 14.9 Å². The van der Waals surface area contributed by atoms with Crippen molar-refractivity contribution < 1.29 is 23.9 Å². The average molecular weight is 438 g/mol. The molecule has 0 aliphatic heterocycles. The van der Waals surface area contributed by atoms with E-state index in [1.165, 1.54) is 19.2 Å². The van der Waals surface area contributed by atoms with Crippen LogP contribution in [0.3, 0.4) is 0 Å². The fourth-order valence-corrected chi connectivity index (χ4v) is 2.56. The number of anilines is 1. The molecule has 0 radical (unpaired) electrons. The number of hydrogen-bond donors (Lipinski definition) is 3. The average Bonchev–Trinajstić information content (AvgIpc) is 2.74. The molecule has 9 heteroatoms. The first-order chi connectivity index (χ1) is 15.1. The van der Waals surface area contributed by atoms with E-state index in [2.05, 4.69) is 16.0 Å². The van der Waals surface area contributed by atoms with E-state index in [-0.39, 0.29) is 25.0 Å². The molecule has 168 valence electrons. The molecule has 0 spiro atoms. The van der Waals surface area contributed by atoms with Crippen LogP contribution in [-0.2, 0) is 16.1 Å². The zero-order valence-electron chi connectivity index (χ0n) is 18.4. The standard InChI is InChI=1S/C23H26N4O5/c1-23(2,3)32-22(30)27-18-7-5-6-16(11-18)21(29)26-13-17-9-8-15(12-24)10-19(17)31-14-20(28)25-4/h5-11H,13-14H2,1-4H3,(H,25,28)(H,26,29)(H,27,30). The number of rotatable bonds is 7. The van der Waals surface area contributed by atoms with E-state index in [9.17, 15) is 14.4 Å². The highest BCUT2D eigenvalue weighted by Crippen LogP contribution is 2.21. The highest BCUT2D eigenvalue weighted by Gasteiger charge is 2.17. The van der Waals surface area contributed by atoms with Crippen molar-refractivity contribution in [2.45, 2.75) is 32.9 Å². The van der Waals surface area contributed by atoms with Crippen LogP contribution in [0.4, 0.5) is 10.5 Å². The molecule has 0 aliphatic carbocycles. The quantitative estimate of drug-likeness (QED) is 0.609. The Morgan fingerprint density at radius 1 is 1.09 bits per heavy atom. The first kappa shape index (κ1) is 24.2. The van der Waals surface area contributed by atoms with E-state index in [4.69, 9.17) is 14.7 Å². The highest BCUT2D eigenvalue weighted by atomic mass is 16.6. The van der Waals surface area contributed by atoms with Crippen LogP contribution >= 0.6 is 0 Å². The van der Waals surface area contributed by atoms with Crippen LogP contribution in [0.15, 0.2) is 42.5 Å². The maximum absolute atomic E-state index is 12.6. The maximum Gasteiger partial charge on any atom is 0.412 e. The number of nitriles is 1. The number of nitrogens with zero attached hydrogens (tertiary/aromatic N) is 1. The number of nitrogens with one attached hydrogen (secondary N) is 3. The van der Waals surface area contributed by atoms with Crippen molar-refractivity contribution in [1.29, 1.82) is 5.26 Å². The third-order valence-corrected chi connectivity index (χ3v) is 4.04. The maximum atomic E-state index is 12.6. The molecule has 0 fully saturated rings. The predicted molar refractivity (Wildman–Crippen MR) is 118 cm³/mol. The normalized spacial score (nSPS) is 10.5. The van der Waals surface area contributed by atoms with Crippen LogP contribution in [-0.4, -0.2) is 37.2 Å². The second-order valence-corrected chi connectivity index (χ2v) is 7.79. The molecule has 0 saturated heterocycles. The Morgan fingerprint density at radius 2 is 1.84 bits per heavy atom. The van der Waals surface area contributed by atoms with E-state index in [1.807, 2.05) is 6.07 Å². The van der Waals surface area contributed by atoms with Gasteiger partial charge in [-0.05, 0) is 51.1 Å². The summed E-state index contributed by atoms with van der Waals surface area (Å²) in [6, 6.07) is 13.2. The van der Waals surface area contributed by atoms with Crippen molar-refractivity contribution in [3.05, 3.63) is 59.2 Å². The van der Waals surface area contributed by atoms with Gasteiger partial charge in [-0.15, -0.1) is 0 Å². The molecule has 0 atom stereocenters. The van der Waals surface area contributed by atoms with Gasteiger partial charge in [0.25, 0.3) is 11.8 Å². The van der Waals surface area contributed by atoms with Crippen LogP contribution in [0.5, 0.6) is 5.75 Å². The first-order valence-electron chi connectivity index (χ1n) is 9.86. The minimum atomic E-state index is -0.641. The lowest BCUT2D eigenvalue weighted by atomic mass is 10.1. The number of hydrogen-bond acceptors (Lipinski definition) is 6. The summed E-state index contributed by atoms with van der Waals surface area (Å²) in [6.45, 7) is 5.16. The number of carbonyl (C=O) groups is 3. The van der Waals surface area contributed by atoms with Crippen molar-refractivity contribution in [2.24, 2.45) is 0 Å². The molecular weight excluding hydrogens is 412 g/mol. The Labute approximate surface area is 186 Å². The second-order valence-electron chi connectivity index (χ2n) is 7.79. The van der Waals surface area contributed by atoms with E-state index < -0.39 is 11.7 Å². The van der Waals surface area contributed by atoms with Crippen LogP contribution in [0, 0.1) is 11.3 Å². The zero-order chi connectivity index (χ0) is 23.7. The Balaban J connectivity index is 2.07. The second kappa shape index (κ2) is 10.8. The Bertz CT molecular complexity index is 1040. The zero-order valence-corrected chi connectivity index (χ0v) is 18.4. The van der Waals surface area contributed by atoms with Crippen molar-refractivity contribution in [1.82, 2.24) is 10.6 Å². The SMILES string of the molecule is CNC(=O)COc1cc(C#N)ccc1CNC(=O)c1cccc(NC(=O)OC(C)(C)C)c1. The molecule has 0 heterocycles. The van der Waals surface area contributed by atoms with Gasteiger partial charge in [0.2, 0.25) is 0 Å². The number of likely N-dealkylation sites (N-methyl/N-ethyl adjacent to an activating group) is 1. The topological polar surface area (TPSA) is 130 Å². The smallest absolute Gasteiger partial charge is 0.412 e. The van der Waals surface area contributed by atoms with Gasteiger partial charge in [-0.2, -0.15) is 5.26 Å². The summed E-state index contributed by atoms with van der Waals surface area (Å²) < 4.78 is 10.7. The molecule has 0 bridgehead atoms. The summed E-state index contributed by atoms with van der Waals surface area (Å²) in [4.78, 5) is 36.0. The molecule has 0 saturated carbocycles. The number of ether oxygens (including phenoxy) is 2. The van der Waals surface area contributed by atoms with Crippen LogP contribution in [0.2, 0.25) is 0 Å². The predicted octanol–water partition coefficient (Wildman–Crippen LogP) is 2.96. The van der Waals surface area contributed by atoms with E-state index in [0.717, 1.165) is 0 Å². The van der Waals surface area contributed by atoms with E-state index >= 15 is 0 Å². The lowest BCUT2D eigenvalue weighted by Crippen LogP contribution is -2.27. The molecule has 2 aromatic rings. The summed E-state index contributed by atoms with van der Waals surface area (Å²) in [6.07, 6.45) is -0.620. The van der Waals surface area contributed by atoms with Gasteiger partial charge in [0.15, 0.2) is 6.61 Å². The van der Waals surface area contributed by atoms with Gasteiger partial charge < -0.3 is 20.1 Å². The van der Waals surface area contributed by atoms with Crippen LogP contribution < -0.4 is 20.7 Å². The summed E-state index contributed by atoms with van der Waals surface area (Å²) in [5.41, 5.74) is 1.08. The Morgan fingerprint density at radius 3 is 2.50 bits per heavy atom. The van der Waals surface area contributed by atoms with Gasteiger partial charge in [-0.25, -0.2) is 4.79 Å². The first-order valence-corrected chi connectivity index (χ1v) is 9.86. The lowest BCUT2D eigenvalue weighted by Gasteiger charge is -2.19. The van der Waals surface area contributed by atoms with Crippen molar-refractivity contribution in [2.75, 3.05) is 19.0 Å². The largest absolute Gasteiger partial charge is 0.483 e. The monoisotopic (exact) mass is 438 g/mol. The number of carbonyl (C=O) groups excluding carboxylic acids is 3. The van der Waals surface area contributed by atoms with Crippen LogP contribution in [0.1, 0.15) is 42.3 Å². The minimum absolute atomic E-state index is 0.108. The molecule has 0 aliphatic rings. The summed E-state index contributed by atoms with van der Waals surface area (Å²) >= 11 is 0. The van der Waals surface area contributed by atoms with Crippen molar-refractivity contribution >= 4 is 23.6 Å². The number of amides is 3. The fraction of sp³-hybridized carbons (Fsp3) is 0.304. The van der Waals surface area contributed by atoms with Crippen LogP contribution in [0.25, 0.3) is 0 Å². The molecule has 2 aromatic carbocycles. The molecular formula is C23H26N4O5. The molecule has 0 unspecified atom stereocenters. The van der Waals surface area contributed by atoms with Gasteiger partial charge >= 0.3 is 6.09 Å². The molecule has 3 amide bonds. The molecule has 3 N–H and O–H groups in total. The summed E-state index contributed by atoms with van der Waals surface area (Å²) in [5, 5.41) is 16.9. The molecule has 9 nitrogen and oxygen atoms in total. The molecule has 0 aromatic heterocycles. The Hall–Kier alpha value is -4.06. The Kier molecular flexibility index (Phi) is 8.18.